The molecular formula is C9H20N2O2S. The zero-order chi connectivity index (χ0) is 10.6. The molecule has 0 spiro atoms. The summed E-state index contributed by atoms with van der Waals surface area (Å²) < 4.78 is 22.7. The molecule has 1 atom stereocenters. The second kappa shape index (κ2) is 5.09. The van der Waals surface area contributed by atoms with Crippen LogP contribution in [-0.4, -0.2) is 57.5 Å². The van der Waals surface area contributed by atoms with Crippen molar-refractivity contribution in [2.24, 2.45) is 0 Å². The Morgan fingerprint density at radius 1 is 1.36 bits per heavy atom. The quantitative estimate of drug-likeness (QED) is 0.710. The molecular weight excluding hydrogens is 200 g/mol. The molecule has 14 heavy (non-hydrogen) atoms. The van der Waals surface area contributed by atoms with Gasteiger partial charge < -0.3 is 10.2 Å². The molecule has 0 aromatic rings. The highest BCUT2D eigenvalue weighted by atomic mass is 32.2. The largest absolute Gasteiger partial charge is 0.316 e. The molecule has 1 unspecified atom stereocenters. The summed E-state index contributed by atoms with van der Waals surface area (Å²) in [6.07, 6.45) is 0.777. The van der Waals surface area contributed by atoms with Gasteiger partial charge in [0, 0.05) is 19.1 Å². The van der Waals surface area contributed by atoms with Crippen LogP contribution in [0.5, 0.6) is 0 Å². The molecule has 1 aliphatic heterocycles. The van der Waals surface area contributed by atoms with Gasteiger partial charge in [-0.05, 0) is 26.9 Å². The van der Waals surface area contributed by atoms with Gasteiger partial charge in [-0.15, -0.1) is 0 Å². The van der Waals surface area contributed by atoms with Gasteiger partial charge in [0.15, 0.2) is 9.84 Å². The summed E-state index contributed by atoms with van der Waals surface area (Å²) in [4.78, 5) is 2.23. The van der Waals surface area contributed by atoms with Gasteiger partial charge in [0.2, 0.25) is 0 Å². The second-order valence-corrected chi connectivity index (χ2v) is 6.30. The Morgan fingerprint density at radius 3 is 2.71 bits per heavy atom. The predicted octanol–water partition coefficient (Wildman–Crippen LogP) is -0.285. The van der Waals surface area contributed by atoms with Crippen molar-refractivity contribution in [1.29, 1.82) is 0 Å². The Labute approximate surface area is 86.6 Å². The van der Waals surface area contributed by atoms with Crippen molar-refractivity contribution >= 4 is 9.84 Å². The zero-order valence-corrected chi connectivity index (χ0v) is 9.81. The van der Waals surface area contributed by atoms with Crippen molar-refractivity contribution in [2.45, 2.75) is 19.4 Å². The Kier molecular flexibility index (Phi) is 4.34. The summed E-state index contributed by atoms with van der Waals surface area (Å²) in [5, 5.41) is 3.16. The van der Waals surface area contributed by atoms with Crippen LogP contribution in [0.25, 0.3) is 0 Å². The van der Waals surface area contributed by atoms with E-state index in [0.717, 1.165) is 19.5 Å². The zero-order valence-electron chi connectivity index (χ0n) is 8.99. The molecule has 0 radical (unpaired) electrons. The highest BCUT2D eigenvalue weighted by Gasteiger charge is 2.19. The molecule has 0 aromatic heterocycles. The molecule has 4 nitrogen and oxygen atoms in total. The minimum atomic E-state index is -2.76. The first-order valence-electron chi connectivity index (χ1n) is 5.13. The molecule has 5 heteroatoms. The Bertz CT molecular complexity index is 264. The third-order valence-corrected chi connectivity index (χ3v) is 4.39. The normalized spacial score (nSPS) is 25.6. The van der Waals surface area contributed by atoms with Crippen LogP contribution >= 0.6 is 0 Å². The number of nitrogens with one attached hydrogen (secondary N) is 1. The van der Waals surface area contributed by atoms with Crippen molar-refractivity contribution in [3.05, 3.63) is 0 Å². The van der Waals surface area contributed by atoms with E-state index in [1.165, 1.54) is 0 Å². The highest BCUT2D eigenvalue weighted by molar-refractivity contribution is 7.91. The van der Waals surface area contributed by atoms with Crippen LogP contribution < -0.4 is 5.32 Å². The first kappa shape index (κ1) is 11.9. The first-order valence-corrected chi connectivity index (χ1v) is 6.96. The van der Waals surface area contributed by atoms with Crippen LogP contribution in [0.15, 0.2) is 0 Å². The molecule has 0 aliphatic carbocycles. The van der Waals surface area contributed by atoms with E-state index in [-0.39, 0.29) is 0 Å². The van der Waals surface area contributed by atoms with E-state index in [9.17, 15) is 8.42 Å². The van der Waals surface area contributed by atoms with Gasteiger partial charge in [0.1, 0.15) is 0 Å². The highest BCUT2D eigenvalue weighted by Crippen LogP contribution is 2.05. The van der Waals surface area contributed by atoms with Crippen molar-refractivity contribution in [3.63, 3.8) is 0 Å². The Morgan fingerprint density at radius 2 is 2.07 bits per heavy atom. The third-order valence-electron chi connectivity index (χ3n) is 2.67. The van der Waals surface area contributed by atoms with Crippen molar-refractivity contribution in [3.8, 4) is 0 Å². The molecule has 1 heterocycles. The minimum absolute atomic E-state index is 0.323. The molecule has 0 amide bonds. The van der Waals surface area contributed by atoms with Gasteiger partial charge in [-0.2, -0.15) is 0 Å². The minimum Gasteiger partial charge on any atom is -0.316 e. The van der Waals surface area contributed by atoms with Crippen molar-refractivity contribution in [1.82, 2.24) is 10.2 Å². The maximum Gasteiger partial charge on any atom is 0.151 e. The van der Waals surface area contributed by atoms with Crippen LogP contribution in [0.2, 0.25) is 0 Å². The van der Waals surface area contributed by atoms with E-state index in [2.05, 4.69) is 17.1 Å². The van der Waals surface area contributed by atoms with E-state index < -0.39 is 9.84 Å². The lowest BCUT2D eigenvalue weighted by molar-refractivity contribution is 0.269. The maximum absolute atomic E-state index is 11.3. The summed E-state index contributed by atoms with van der Waals surface area (Å²) in [6, 6.07) is 0.427. The standard InChI is InChI=1S/C9H20N2O2S/c1-9(10-2)8-11-4-3-6-14(12,13)7-5-11/h9-10H,3-8H2,1-2H3. The topological polar surface area (TPSA) is 49.4 Å². The summed E-state index contributed by atoms with van der Waals surface area (Å²) in [5.74, 6) is 0.681. The molecule has 1 fully saturated rings. The van der Waals surface area contributed by atoms with Gasteiger partial charge in [-0.25, -0.2) is 8.42 Å². The van der Waals surface area contributed by atoms with Crippen LogP contribution in [-0.2, 0) is 9.84 Å². The molecule has 0 bridgehead atoms. The van der Waals surface area contributed by atoms with E-state index >= 15 is 0 Å². The smallest absolute Gasteiger partial charge is 0.151 e. The lowest BCUT2D eigenvalue weighted by Gasteiger charge is -2.22. The number of rotatable bonds is 3. The molecule has 1 rings (SSSR count). The fraction of sp³-hybridized carbons (Fsp3) is 1.00. The molecule has 0 saturated carbocycles. The van der Waals surface area contributed by atoms with Gasteiger partial charge in [0.25, 0.3) is 0 Å². The molecule has 1 aliphatic rings. The van der Waals surface area contributed by atoms with Gasteiger partial charge in [-0.1, -0.05) is 0 Å². The Balaban J connectivity index is 2.42. The van der Waals surface area contributed by atoms with Gasteiger partial charge in [-0.3, -0.25) is 0 Å². The number of nitrogens with zero attached hydrogens (tertiary/aromatic N) is 1. The number of likely N-dealkylation sites (N-methyl/N-ethyl adjacent to an activating group) is 1. The lowest BCUT2D eigenvalue weighted by Crippen LogP contribution is -2.38. The summed E-state index contributed by atoms with van der Waals surface area (Å²) in [6.45, 7) is 4.64. The van der Waals surface area contributed by atoms with Gasteiger partial charge in [0.05, 0.1) is 11.5 Å². The average molecular weight is 220 g/mol. The van der Waals surface area contributed by atoms with E-state index in [4.69, 9.17) is 0 Å². The molecule has 84 valence electrons. The summed E-state index contributed by atoms with van der Waals surface area (Å²) in [5.41, 5.74) is 0. The fourth-order valence-electron chi connectivity index (χ4n) is 1.65. The van der Waals surface area contributed by atoms with E-state index in [1.807, 2.05) is 7.05 Å². The van der Waals surface area contributed by atoms with Crippen LogP contribution in [0.3, 0.4) is 0 Å². The maximum atomic E-state index is 11.3. The molecule has 1 N–H and O–H groups in total. The van der Waals surface area contributed by atoms with Gasteiger partial charge >= 0.3 is 0 Å². The summed E-state index contributed by atoms with van der Waals surface area (Å²) >= 11 is 0. The molecule has 0 aromatic carbocycles. The summed E-state index contributed by atoms with van der Waals surface area (Å²) in [7, 11) is -0.827. The first-order chi connectivity index (χ1) is 6.53. The average Bonchev–Trinajstić information content (AvgIpc) is 2.28. The number of hydrogen-bond acceptors (Lipinski definition) is 4. The lowest BCUT2D eigenvalue weighted by atomic mass is 10.3. The van der Waals surface area contributed by atoms with E-state index in [1.54, 1.807) is 0 Å². The fourth-order valence-corrected chi connectivity index (χ4v) is 2.96. The SMILES string of the molecule is CNC(C)CN1CCCS(=O)(=O)CC1. The third kappa shape index (κ3) is 3.94. The van der Waals surface area contributed by atoms with Crippen molar-refractivity contribution < 1.29 is 8.42 Å². The second-order valence-electron chi connectivity index (χ2n) is 4.00. The Hall–Kier alpha value is -0.130. The predicted molar refractivity (Wildman–Crippen MR) is 58.2 cm³/mol. The van der Waals surface area contributed by atoms with E-state index in [0.29, 0.717) is 24.1 Å². The monoisotopic (exact) mass is 220 g/mol. The number of sulfone groups is 1. The van der Waals surface area contributed by atoms with Crippen molar-refractivity contribution in [2.75, 3.05) is 38.2 Å². The molecule has 1 saturated heterocycles. The van der Waals surface area contributed by atoms with Crippen LogP contribution in [0.4, 0.5) is 0 Å². The van der Waals surface area contributed by atoms with Crippen LogP contribution in [0, 0.1) is 0 Å². The van der Waals surface area contributed by atoms with Crippen LogP contribution in [0.1, 0.15) is 13.3 Å². The number of hydrogen-bond donors (Lipinski definition) is 1.